The Morgan fingerprint density at radius 1 is 0.915 bits per heavy atom. The van der Waals surface area contributed by atoms with Gasteiger partial charge in [0.1, 0.15) is 17.3 Å². The van der Waals surface area contributed by atoms with Crippen LogP contribution in [-0.2, 0) is 20.9 Å². The first-order chi connectivity index (χ1) is 22.9. The molecule has 0 saturated carbocycles. The molecule has 11 heteroatoms. The summed E-state index contributed by atoms with van der Waals surface area (Å²) in [5.41, 5.74) is 5.01. The summed E-state index contributed by atoms with van der Waals surface area (Å²) >= 11 is 1.69. The van der Waals surface area contributed by atoms with Gasteiger partial charge >= 0.3 is 5.97 Å². The maximum atomic E-state index is 12.4. The van der Waals surface area contributed by atoms with E-state index in [9.17, 15) is 9.59 Å². The molecule has 0 saturated heterocycles. The average Bonchev–Trinajstić information content (AvgIpc) is 3.73. The Hall–Kier alpha value is -4.51. The van der Waals surface area contributed by atoms with Crippen LogP contribution in [0.4, 0.5) is 0 Å². The van der Waals surface area contributed by atoms with Crippen LogP contribution in [0.5, 0.6) is 11.5 Å². The van der Waals surface area contributed by atoms with Crippen molar-refractivity contribution in [1.29, 1.82) is 0 Å². The molecule has 0 radical (unpaired) electrons. The Morgan fingerprint density at radius 3 is 2.45 bits per heavy atom. The number of methoxy groups -OCH3 is 2. The highest BCUT2D eigenvalue weighted by Gasteiger charge is 2.15. The Labute approximate surface area is 280 Å². The SMILES string of the molecule is COC(=O)CCCCCOc1ccc2nc(-c3ccc(OC)cc3)n(CCCN(C)C(=O)CCSC)c2c1.c1ccc2[nH]cnc2c1. The molecule has 250 valence electrons. The number of benzene rings is 3. The largest absolute Gasteiger partial charge is 0.497 e. The Morgan fingerprint density at radius 2 is 1.70 bits per heavy atom. The number of amides is 1. The lowest BCUT2D eigenvalue weighted by molar-refractivity contribution is -0.140. The van der Waals surface area contributed by atoms with Gasteiger partial charge in [0.2, 0.25) is 5.91 Å². The molecule has 2 heterocycles. The van der Waals surface area contributed by atoms with Crippen molar-refractivity contribution < 1.29 is 23.8 Å². The van der Waals surface area contributed by atoms with Gasteiger partial charge in [-0.05, 0) is 80.5 Å². The molecule has 0 bridgehead atoms. The molecule has 5 aromatic rings. The van der Waals surface area contributed by atoms with E-state index in [1.807, 2.05) is 84.9 Å². The summed E-state index contributed by atoms with van der Waals surface area (Å²) in [6.45, 7) is 1.97. The van der Waals surface area contributed by atoms with Gasteiger partial charge in [0, 0.05) is 50.4 Å². The zero-order valence-electron chi connectivity index (χ0n) is 27.7. The van der Waals surface area contributed by atoms with Crippen molar-refractivity contribution in [3.05, 3.63) is 73.1 Å². The summed E-state index contributed by atoms with van der Waals surface area (Å²) in [4.78, 5) is 37.4. The third-order valence-corrected chi connectivity index (χ3v) is 8.35. The summed E-state index contributed by atoms with van der Waals surface area (Å²) in [7, 11) is 4.94. The minimum atomic E-state index is -0.173. The first-order valence-electron chi connectivity index (χ1n) is 15.9. The topological polar surface area (TPSA) is 112 Å². The van der Waals surface area contributed by atoms with Crippen LogP contribution in [-0.4, -0.2) is 82.7 Å². The number of fused-ring (bicyclic) bond motifs is 2. The Bertz CT molecular complexity index is 1670. The third-order valence-electron chi connectivity index (χ3n) is 7.74. The summed E-state index contributed by atoms with van der Waals surface area (Å²) in [6.07, 6.45) is 8.08. The number of esters is 1. The van der Waals surface area contributed by atoms with Gasteiger partial charge in [0.05, 0.1) is 49.2 Å². The van der Waals surface area contributed by atoms with Gasteiger partial charge in [-0.15, -0.1) is 0 Å². The number of carbonyl (C=O) groups excluding carboxylic acids is 2. The van der Waals surface area contributed by atoms with Gasteiger partial charge in [0.15, 0.2) is 0 Å². The zero-order valence-corrected chi connectivity index (χ0v) is 28.6. The molecule has 0 aliphatic rings. The minimum absolute atomic E-state index is 0.173. The molecule has 1 amide bonds. The number of ether oxygens (including phenoxy) is 3. The van der Waals surface area contributed by atoms with Crippen molar-refractivity contribution >= 4 is 45.7 Å². The van der Waals surface area contributed by atoms with E-state index in [0.29, 0.717) is 26.0 Å². The summed E-state index contributed by atoms with van der Waals surface area (Å²) in [5.74, 6) is 3.30. The van der Waals surface area contributed by atoms with Crippen LogP contribution in [0.3, 0.4) is 0 Å². The molecule has 5 rings (SSSR count). The Balaban J connectivity index is 0.000000471. The molecule has 0 unspecified atom stereocenters. The van der Waals surface area contributed by atoms with E-state index in [4.69, 9.17) is 14.5 Å². The third kappa shape index (κ3) is 10.5. The van der Waals surface area contributed by atoms with Gasteiger partial charge in [-0.1, -0.05) is 12.1 Å². The van der Waals surface area contributed by atoms with Gasteiger partial charge in [-0.3, -0.25) is 9.59 Å². The lowest BCUT2D eigenvalue weighted by atomic mass is 10.2. The van der Waals surface area contributed by atoms with Crippen molar-refractivity contribution in [2.45, 2.75) is 45.1 Å². The molecular formula is C36H45N5O5S. The molecule has 3 aromatic carbocycles. The van der Waals surface area contributed by atoms with Gasteiger partial charge in [-0.2, -0.15) is 11.8 Å². The maximum Gasteiger partial charge on any atom is 0.305 e. The van der Waals surface area contributed by atoms with Gasteiger partial charge in [0.25, 0.3) is 0 Å². The van der Waals surface area contributed by atoms with Crippen LogP contribution in [0.2, 0.25) is 0 Å². The predicted octanol–water partition coefficient (Wildman–Crippen LogP) is 6.99. The van der Waals surface area contributed by atoms with Crippen LogP contribution in [0.15, 0.2) is 73.1 Å². The number of imidazole rings is 2. The molecule has 0 fully saturated rings. The molecule has 2 aromatic heterocycles. The quantitative estimate of drug-likeness (QED) is 0.0892. The number of rotatable bonds is 16. The fraction of sp³-hybridized carbons (Fsp3) is 0.389. The standard InChI is InChI=1S/C29H39N3O5S.C7H6N2/c1-31(27(33)16-20-38-4)17-8-18-32-26-21-24(37-19-7-5-6-9-28(34)36-3)14-15-25(26)30-29(32)22-10-12-23(35-2)13-11-22;1-2-4-7-6(3-1)8-5-9-7/h10-15,21H,5-9,16-20H2,1-4H3;1-5H,(H,8,9). The number of H-pyrrole nitrogens is 1. The van der Waals surface area contributed by atoms with Crippen LogP contribution in [0.25, 0.3) is 33.5 Å². The monoisotopic (exact) mass is 659 g/mol. The summed E-state index contributed by atoms with van der Waals surface area (Å²) < 4.78 is 18.3. The van der Waals surface area contributed by atoms with E-state index >= 15 is 0 Å². The second-order valence-electron chi connectivity index (χ2n) is 11.0. The van der Waals surface area contributed by atoms with Crippen LogP contribution in [0.1, 0.15) is 38.5 Å². The second kappa shape index (κ2) is 18.6. The maximum absolute atomic E-state index is 12.4. The van der Waals surface area contributed by atoms with Crippen molar-refractivity contribution in [2.24, 2.45) is 0 Å². The normalized spacial score (nSPS) is 10.8. The van der Waals surface area contributed by atoms with E-state index in [-0.39, 0.29) is 11.9 Å². The number of hydrogen-bond donors (Lipinski definition) is 1. The van der Waals surface area contributed by atoms with Crippen LogP contribution in [0, 0.1) is 0 Å². The smallest absolute Gasteiger partial charge is 0.305 e. The molecule has 1 N–H and O–H groups in total. The first-order valence-corrected chi connectivity index (χ1v) is 17.3. The van der Waals surface area contributed by atoms with E-state index in [2.05, 4.69) is 19.3 Å². The summed E-state index contributed by atoms with van der Waals surface area (Å²) in [6, 6.07) is 21.8. The number of nitrogens with zero attached hydrogens (tertiary/aromatic N) is 4. The molecular weight excluding hydrogens is 614 g/mol. The fourth-order valence-corrected chi connectivity index (χ4v) is 5.45. The van der Waals surface area contributed by atoms with E-state index < -0.39 is 0 Å². The van der Waals surface area contributed by atoms with E-state index in [1.165, 1.54) is 7.11 Å². The molecule has 0 aliphatic carbocycles. The van der Waals surface area contributed by atoms with Crippen molar-refractivity contribution in [1.82, 2.24) is 24.4 Å². The number of aromatic amines is 1. The predicted molar refractivity (Wildman–Crippen MR) is 189 cm³/mol. The van der Waals surface area contributed by atoms with E-state index in [1.54, 1.807) is 25.2 Å². The number of carbonyl (C=O) groups is 2. The van der Waals surface area contributed by atoms with E-state index in [0.717, 1.165) is 82.9 Å². The highest BCUT2D eigenvalue weighted by molar-refractivity contribution is 7.98. The lowest BCUT2D eigenvalue weighted by Gasteiger charge is -2.18. The zero-order chi connectivity index (χ0) is 33.4. The number of thioether (sulfide) groups is 1. The molecule has 0 spiro atoms. The molecule has 10 nitrogen and oxygen atoms in total. The minimum Gasteiger partial charge on any atom is -0.497 e. The first kappa shape index (κ1) is 35.3. The molecule has 0 atom stereocenters. The van der Waals surface area contributed by atoms with Crippen LogP contribution < -0.4 is 9.47 Å². The number of nitrogens with one attached hydrogen (secondary N) is 1. The second-order valence-corrected chi connectivity index (χ2v) is 12.0. The average molecular weight is 660 g/mol. The van der Waals surface area contributed by atoms with Crippen LogP contribution >= 0.6 is 11.8 Å². The number of hydrogen-bond acceptors (Lipinski definition) is 8. The van der Waals surface area contributed by atoms with Gasteiger partial charge in [-0.25, -0.2) is 9.97 Å². The molecule has 0 aliphatic heterocycles. The lowest BCUT2D eigenvalue weighted by Crippen LogP contribution is -2.28. The number of unbranched alkanes of at least 4 members (excludes halogenated alkanes) is 2. The number of aromatic nitrogens is 4. The molecule has 47 heavy (non-hydrogen) atoms. The van der Waals surface area contributed by atoms with Crippen molar-refractivity contribution in [2.75, 3.05) is 46.4 Å². The van der Waals surface area contributed by atoms with Gasteiger partial charge < -0.3 is 28.7 Å². The number of aryl methyl sites for hydroxylation is 1. The highest BCUT2D eigenvalue weighted by Crippen LogP contribution is 2.29. The number of para-hydroxylation sites is 2. The highest BCUT2D eigenvalue weighted by atomic mass is 32.2. The fourth-order valence-electron chi connectivity index (χ4n) is 5.07. The van der Waals surface area contributed by atoms with Crippen molar-refractivity contribution in [3.63, 3.8) is 0 Å². The van der Waals surface area contributed by atoms with Crippen molar-refractivity contribution in [3.8, 4) is 22.9 Å². The summed E-state index contributed by atoms with van der Waals surface area (Å²) in [5, 5.41) is 0. The Kier molecular flexibility index (Phi) is 14.0.